The van der Waals surface area contributed by atoms with Crippen LogP contribution in [0.2, 0.25) is 0 Å². The number of hydrogen-bond donors (Lipinski definition) is 2. The Bertz CT molecular complexity index is 427. The van der Waals surface area contributed by atoms with Gasteiger partial charge in [-0.25, -0.2) is 0 Å². The van der Waals surface area contributed by atoms with Gasteiger partial charge in [0.15, 0.2) is 0 Å². The lowest BCUT2D eigenvalue weighted by molar-refractivity contribution is -0.116. The van der Waals surface area contributed by atoms with Crippen molar-refractivity contribution in [3.63, 3.8) is 0 Å². The van der Waals surface area contributed by atoms with Gasteiger partial charge in [0.25, 0.3) is 0 Å². The first kappa shape index (κ1) is 15.0. The molecule has 0 saturated carbocycles. The summed E-state index contributed by atoms with van der Waals surface area (Å²) in [6.45, 7) is 4.08. The molecule has 1 aromatic carbocycles. The number of hydrogen-bond acceptors (Lipinski definition) is 3. The first-order valence-electron chi connectivity index (χ1n) is 7.53. The van der Waals surface area contributed by atoms with Gasteiger partial charge in [0.1, 0.15) is 0 Å². The van der Waals surface area contributed by atoms with Gasteiger partial charge in [-0.2, -0.15) is 0 Å². The third kappa shape index (κ3) is 4.94. The van der Waals surface area contributed by atoms with Crippen LogP contribution in [0.1, 0.15) is 31.2 Å². The van der Waals surface area contributed by atoms with E-state index in [0.717, 1.165) is 12.2 Å². The van der Waals surface area contributed by atoms with E-state index in [2.05, 4.69) is 27.7 Å². The number of amides is 1. The van der Waals surface area contributed by atoms with Crippen molar-refractivity contribution in [1.29, 1.82) is 0 Å². The minimum absolute atomic E-state index is 0.0643. The van der Waals surface area contributed by atoms with Gasteiger partial charge in [0.05, 0.1) is 0 Å². The molecular weight excluding hydrogens is 250 g/mol. The third-order valence-electron chi connectivity index (χ3n) is 3.67. The quantitative estimate of drug-likeness (QED) is 0.836. The molecule has 1 fully saturated rings. The Hall–Kier alpha value is -1.39. The van der Waals surface area contributed by atoms with Gasteiger partial charge >= 0.3 is 0 Å². The molecule has 20 heavy (non-hydrogen) atoms. The van der Waals surface area contributed by atoms with Crippen molar-refractivity contribution in [3.8, 4) is 0 Å². The molecule has 0 atom stereocenters. The van der Waals surface area contributed by atoms with E-state index in [1.54, 1.807) is 0 Å². The number of carbonyl (C=O) groups is 1. The van der Waals surface area contributed by atoms with Crippen LogP contribution in [-0.2, 0) is 11.3 Å². The maximum atomic E-state index is 11.7. The average molecular weight is 275 g/mol. The molecule has 1 heterocycles. The van der Waals surface area contributed by atoms with Gasteiger partial charge in [0, 0.05) is 25.2 Å². The predicted molar refractivity (Wildman–Crippen MR) is 82.7 cm³/mol. The Labute approximate surface area is 121 Å². The topological polar surface area (TPSA) is 44.4 Å². The fourth-order valence-corrected chi connectivity index (χ4v) is 2.59. The summed E-state index contributed by atoms with van der Waals surface area (Å²) >= 11 is 0. The highest BCUT2D eigenvalue weighted by Crippen LogP contribution is 2.16. The number of benzene rings is 1. The Morgan fingerprint density at radius 2 is 2.05 bits per heavy atom. The Balaban J connectivity index is 1.88. The zero-order valence-corrected chi connectivity index (χ0v) is 12.3. The molecule has 4 nitrogen and oxygen atoms in total. The van der Waals surface area contributed by atoms with Crippen LogP contribution < -0.4 is 10.6 Å². The third-order valence-corrected chi connectivity index (χ3v) is 3.67. The van der Waals surface area contributed by atoms with Crippen LogP contribution in [0, 0.1) is 0 Å². The van der Waals surface area contributed by atoms with E-state index in [1.807, 2.05) is 19.2 Å². The molecular formula is C16H25N3O. The number of likely N-dealkylation sites (tertiary alicyclic amines) is 1. The molecule has 2 rings (SSSR count). The molecule has 0 radical (unpaired) electrons. The first-order chi connectivity index (χ1) is 9.78. The van der Waals surface area contributed by atoms with E-state index >= 15 is 0 Å². The number of nitrogens with zero attached hydrogens (tertiary/aromatic N) is 1. The zero-order chi connectivity index (χ0) is 14.2. The number of anilines is 1. The lowest BCUT2D eigenvalue weighted by Gasteiger charge is -2.26. The highest BCUT2D eigenvalue weighted by molar-refractivity contribution is 5.90. The molecule has 0 aliphatic carbocycles. The standard InChI is InChI=1S/C16H25N3O/c1-17-9-8-16(20)18-15-7-5-6-14(12-15)13-19-10-3-2-4-11-19/h5-7,12,17H,2-4,8-11,13H2,1H3,(H,18,20). The van der Waals surface area contributed by atoms with Gasteiger partial charge < -0.3 is 10.6 Å². The largest absolute Gasteiger partial charge is 0.326 e. The van der Waals surface area contributed by atoms with Crippen molar-refractivity contribution in [3.05, 3.63) is 29.8 Å². The van der Waals surface area contributed by atoms with Gasteiger partial charge in [-0.15, -0.1) is 0 Å². The lowest BCUT2D eigenvalue weighted by atomic mass is 10.1. The van der Waals surface area contributed by atoms with Crippen LogP contribution >= 0.6 is 0 Å². The van der Waals surface area contributed by atoms with Crippen LogP contribution in [0.4, 0.5) is 5.69 Å². The summed E-state index contributed by atoms with van der Waals surface area (Å²) < 4.78 is 0. The van der Waals surface area contributed by atoms with Crippen LogP contribution in [0.15, 0.2) is 24.3 Å². The Morgan fingerprint density at radius 3 is 2.80 bits per heavy atom. The van der Waals surface area contributed by atoms with Crippen molar-refractivity contribution in [2.75, 3.05) is 32.0 Å². The molecule has 0 unspecified atom stereocenters. The fourth-order valence-electron chi connectivity index (χ4n) is 2.59. The fraction of sp³-hybridized carbons (Fsp3) is 0.562. The van der Waals surface area contributed by atoms with Crippen LogP contribution in [-0.4, -0.2) is 37.5 Å². The Kier molecular flexibility index (Phi) is 6.02. The van der Waals surface area contributed by atoms with E-state index in [1.165, 1.54) is 37.9 Å². The average Bonchev–Trinajstić information content (AvgIpc) is 2.46. The second-order valence-electron chi connectivity index (χ2n) is 5.44. The molecule has 110 valence electrons. The monoisotopic (exact) mass is 275 g/mol. The van der Waals surface area contributed by atoms with Gasteiger partial charge in [0.2, 0.25) is 5.91 Å². The van der Waals surface area contributed by atoms with Gasteiger partial charge in [-0.3, -0.25) is 9.69 Å². The van der Waals surface area contributed by atoms with Crippen LogP contribution in [0.3, 0.4) is 0 Å². The number of carbonyl (C=O) groups excluding carboxylic acids is 1. The SMILES string of the molecule is CNCCC(=O)Nc1cccc(CN2CCCCC2)c1. The van der Waals surface area contributed by atoms with E-state index in [0.29, 0.717) is 13.0 Å². The zero-order valence-electron chi connectivity index (χ0n) is 12.3. The molecule has 1 aromatic rings. The lowest BCUT2D eigenvalue weighted by Crippen LogP contribution is -2.29. The van der Waals surface area contributed by atoms with Gasteiger partial charge in [-0.1, -0.05) is 18.6 Å². The smallest absolute Gasteiger partial charge is 0.225 e. The second kappa shape index (κ2) is 8.02. The van der Waals surface area contributed by atoms with E-state index in [9.17, 15) is 4.79 Å². The predicted octanol–water partition coefficient (Wildman–Crippen LogP) is 2.22. The summed E-state index contributed by atoms with van der Waals surface area (Å²) in [4.78, 5) is 14.2. The molecule has 1 aliphatic heterocycles. The molecule has 0 spiro atoms. The van der Waals surface area contributed by atoms with Crippen molar-refractivity contribution in [2.24, 2.45) is 0 Å². The summed E-state index contributed by atoms with van der Waals surface area (Å²) in [5, 5.41) is 5.94. The minimum Gasteiger partial charge on any atom is -0.326 e. The first-order valence-corrected chi connectivity index (χ1v) is 7.53. The van der Waals surface area contributed by atoms with Gasteiger partial charge in [-0.05, 0) is 50.7 Å². The number of piperidine rings is 1. The molecule has 2 N–H and O–H groups in total. The summed E-state index contributed by atoms with van der Waals surface area (Å²) in [5.74, 6) is 0.0643. The summed E-state index contributed by atoms with van der Waals surface area (Å²) in [6.07, 6.45) is 4.48. The van der Waals surface area contributed by atoms with Crippen molar-refractivity contribution in [2.45, 2.75) is 32.2 Å². The number of nitrogens with one attached hydrogen (secondary N) is 2. The molecule has 0 bridgehead atoms. The molecule has 1 saturated heterocycles. The second-order valence-corrected chi connectivity index (χ2v) is 5.44. The maximum Gasteiger partial charge on any atom is 0.225 e. The number of rotatable bonds is 6. The maximum absolute atomic E-state index is 11.7. The van der Waals surface area contributed by atoms with Crippen molar-refractivity contribution < 1.29 is 4.79 Å². The van der Waals surface area contributed by atoms with E-state index < -0.39 is 0 Å². The van der Waals surface area contributed by atoms with Crippen LogP contribution in [0.25, 0.3) is 0 Å². The molecule has 4 heteroatoms. The summed E-state index contributed by atoms with van der Waals surface area (Å²) in [6, 6.07) is 8.20. The molecule has 0 aromatic heterocycles. The highest BCUT2D eigenvalue weighted by Gasteiger charge is 2.10. The Morgan fingerprint density at radius 1 is 1.25 bits per heavy atom. The van der Waals surface area contributed by atoms with E-state index in [4.69, 9.17) is 0 Å². The molecule has 1 amide bonds. The highest BCUT2D eigenvalue weighted by atomic mass is 16.1. The molecule has 1 aliphatic rings. The van der Waals surface area contributed by atoms with Crippen molar-refractivity contribution >= 4 is 11.6 Å². The van der Waals surface area contributed by atoms with Crippen molar-refractivity contribution in [1.82, 2.24) is 10.2 Å². The van der Waals surface area contributed by atoms with E-state index in [-0.39, 0.29) is 5.91 Å². The van der Waals surface area contributed by atoms with Crippen LogP contribution in [0.5, 0.6) is 0 Å². The minimum atomic E-state index is 0.0643. The normalized spacial score (nSPS) is 16.1. The summed E-state index contributed by atoms with van der Waals surface area (Å²) in [5.41, 5.74) is 2.18. The summed E-state index contributed by atoms with van der Waals surface area (Å²) in [7, 11) is 1.85.